The van der Waals surface area contributed by atoms with Crippen molar-refractivity contribution in [1.29, 1.82) is 0 Å². The first-order chi connectivity index (χ1) is 36.0. The van der Waals surface area contributed by atoms with Gasteiger partial charge in [0.05, 0.1) is 13.7 Å². The van der Waals surface area contributed by atoms with Crippen LogP contribution < -0.4 is 9.30 Å². The number of rotatable bonds is 9. The Balaban J connectivity index is 0.00000657. The second-order valence-corrected chi connectivity index (χ2v) is 16.4. The van der Waals surface area contributed by atoms with E-state index in [9.17, 15) is 0 Å². The molecule has 0 N–H and O–H groups in total. The van der Waals surface area contributed by atoms with Crippen LogP contribution >= 0.6 is 0 Å². The molecule has 0 amide bonds. The van der Waals surface area contributed by atoms with Gasteiger partial charge < -0.3 is 13.9 Å². The Hall–Kier alpha value is -7.66. The molecule has 0 bridgehead atoms. The summed E-state index contributed by atoms with van der Waals surface area (Å²) in [4.78, 5) is 4.89. The number of hydrogen-bond donors (Lipinski definition) is 0. The van der Waals surface area contributed by atoms with Crippen LogP contribution in [0.5, 0.6) is 11.5 Å². The Morgan fingerprint density at radius 2 is 1.24 bits per heavy atom. The average molecular weight is 1040 g/mol. The molecule has 7 heteroatoms. The first-order valence-corrected chi connectivity index (χ1v) is 21.0. The summed E-state index contributed by atoms with van der Waals surface area (Å²) in [6.07, 6.45) is 5.14. The zero-order chi connectivity index (χ0) is 52.6. The third-order valence-corrected chi connectivity index (χ3v) is 11.2. The van der Waals surface area contributed by atoms with Gasteiger partial charge in [-0.25, -0.2) is 4.98 Å². The summed E-state index contributed by atoms with van der Waals surface area (Å²) >= 11 is 0. The Labute approximate surface area is 413 Å². The van der Waals surface area contributed by atoms with Crippen molar-refractivity contribution in [2.45, 2.75) is 26.2 Å². The van der Waals surface area contributed by atoms with E-state index in [0.717, 1.165) is 44.3 Å². The molecular formula is C59H43N5OPt-2. The number of nitrogens with zero attached hydrogens (tertiary/aromatic N) is 5. The monoisotopic (exact) mass is 1040 g/mol. The number of aromatic nitrogens is 5. The fraction of sp³-hybridized carbons (Fsp3) is 0.0678. The second kappa shape index (κ2) is 17.7. The maximum absolute atomic E-state index is 9.08. The molecule has 322 valence electrons. The summed E-state index contributed by atoms with van der Waals surface area (Å²) < 4.78 is 99.4. The normalized spacial score (nSPS) is 13.6. The molecule has 11 rings (SSSR count). The van der Waals surface area contributed by atoms with Gasteiger partial charge in [0.1, 0.15) is 5.82 Å². The van der Waals surface area contributed by atoms with Gasteiger partial charge in [-0.15, -0.1) is 29.8 Å². The molecule has 0 atom stereocenters. The van der Waals surface area contributed by atoms with Crippen molar-refractivity contribution < 1.29 is 44.1 Å². The SMILES string of the molecule is [2H]c1c([2H])c([2H])c(-c2cccc(-c3c([2H])c([2H])c([2H])c([2H])c3[2H])c2-[n+]2[c-]n(-c3[c-]c(Oc4[c-]c5c(c(-c6ccccc6)c4)c4ccccc4n5-c4cc(C(C)(C)C)ccn4)ccc3)nc2-c2ccccc2)c([2H])c1[2H].[Pt]. The molecule has 0 spiro atoms. The smallest absolute Gasteiger partial charge is 0.231 e. The molecule has 0 fully saturated rings. The van der Waals surface area contributed by atoms with E-state index >= 15 is 0 Å². The molecule has 8 aromatic carbocycles. The summed E-state index contributed by atoms with van der Waals surface area (Å²) in [5.74, 6) is 1.67. The number of ether oxygens (including phenoxy) is 1. The van der Waals surface area contributed by atoms with Crippen LogP contribution in [-0.2, 0) is 26.5 Å². The van der Waals surface area contributed by atoms with Crippen molar-refractivity contribution in [3.8, 4) is 73.5 Å². The van der Waals surface area contributed by atoms with Crippen molar-refractivity contribution in [3.05, 3.63) is 230 Å². The molecule has 3 aromatic heterocycles. The van der Waals surface area contributed by atoms with Crippen LogP contribution in [0.2, 0.25) is 0 Å². The van der Waals surface area contributed by atoms with E-state index < -0.39 is 60.4 Å². The van der Waals surface area contributed by atoms with Crippen LogP contribution in [0.15, 0.2) is 206 Å². The molecule has 0 aliphatic carbocycles. The number of benzene rings is 8. The summed E-state index contributed by atoms with van der Waals surface area (Å²) in [5, 5.41) is 7.04. The van der Waals surface area contributed by atoms with Gasteiger partial charge in [0, 0.05) is 55.5 Å². The van der Waals surface area contributed by atoms with Gasteiger partial charge >= 0.3 is 0 Å². The molecule has 0 aliphatic rings. The average Bonchev–Trinajstić information content (AvgIpc) is 4.02. The minimum Gasteiger partial charge on any atom is -0.510 e. The third-order valence-electron chi connectivity index (χ3n) is 11.2. The maximum Gasteiger partial charge on any atom is 0.231 e. The topological polar surface area (TPSA) is 48.8 Å². The third kappa shape index (κ3) is 7.95. The van der Waals surface area contributed by atoms with E-state index in [1.807, 2.05) is 79.0 Å². The first-order valence-electron chi connectivity index (χ1n) is 26.0. The number of pyridine rings is 1. The molecule has 3 heterocycles. The summed E-state index contributed by atoms with van der Waals surface area (Å²) in [5.41, 5.74) is 5.39. The number of para-hydroxylation sites is 2. The van der Waals surface area contributed by atoms with Crippen LogP contribution in [0, 0.1) is 18.5 Å². The van der Waals surface area contributed by atoms with Gasteiger partial charge in [0.2, 0.25) is 12.2 Å². The Bertz CT molecular complexity index is 3960. The predicted octanol–water partition coefficient (Wildman–Crippen LogP) is 13.8. The first kappa shape index (κ1) is 32.1. The van der Waals surface area contributed by atoms with Crippen LogP contribution in [0.1, 0.15) is 40.0 Å². The minimum absolute atomic E-state index is 0. The van der Waals surface area contributed by atoms with Crippen molar-refractivity contribution in [2.75, 3.05) is 0 Å². The molecule has 6 nitrogen and oxygen atoms in total. The van der Waals surface area contributed by atoms with Crippen molar-refractivity contribution in [2.24, 2.45) is 0 Å². The maximum atomic E-state index is 9.08. The molecule has 0 saturated heterocycles. The molecule has 66 heavy (non-hydrogen) atoms. The van der Waals surface area contributed by atoms with E-state index in [-0.39, 0.29) is 60.2 Å². The number of hydrogen-bond acceptors (Lipinski definition) is 3. The van der Waals surface area contributed by atoms with Crippen molar-refractivity contribution >= 4 is 21.8 Å². The van der Waals surface area contributed by atoms with E-state index in [2.05, 4.69) is 74.1 Å². The van der Waals surface area contributed by atoms with E-state index in [0.29, 0.717) is 22.7 Å². The van der Waals surface area contributed by atoms with Gasteiger partial charge in [-0.3, -0.25) is 0 Å². The minimum atomic E-state index is -0.592. The summed E-state index contributed by atoms with van der Waals surface area (Å²) in [6.45, 7) is 6.51. The van der Waals surface area contributed by atoms with Crippen molar-refractivity contribution in [3.63, 3.8) is 0 Å². The van der Waals surface area contributed by atoms with Crippen LogP contribution in [0.3, 0.4) is 0 Å². The van der Waals surface area contributed by atoms with Crippen LogP contribution in [0.25, 0.3) is 83.8 Å². The molecule has 0 saturated carbocycles. The van der Waals surface area contributed by atoms with E-state index in [1.54, 1.807) is 36.4 Å². The van der Waals surface area contributed by atoms with Gasteiger partial charge in [0.15, 0.2) is 0 Å². The largest absolute Gasteiger partial charge is 0.510 e. The van der Waals surface area contributed by atoms with E-state index in [4.69, 9.17) is 28.5 Å². The van der Waals surface area contributed by atoms with Gasteiger partial charge in [-0.1, -0.05) is 189 Å². The quantitative estimate of drug-likeness (QED) is 0.107. The van der Waals surface area contributed by atoms with Gasteiger partial charge in [-0.2, -0.15) is 16.8 Å². The van der Waals surface area contributed by atoms with Gasteiger partial charge in [-0.05, 0) is 73.2 Å². The fourth-order valence-electron chi connectivity index (χ4n) is 8.17. The van der Waals surface area contributed by atoms with Crippen molar-refractivity contribution in [1.82, 2.24) is 19.3 Å². The number of fused-ring (bicyclic) bond motifs is 3. The van der Waals surface area contributed by atoms with Crippen LogP contribution in [-0.4, -0.2) is 19.3 Å². The molecule has 11 aromatic rings. The Kier molecular flexibility index (Phi) is 8.61. The molecular weight excluding hydrogens is 990 g/mol. The summed E-state index contributed by atoms with van der Waals surface area (Å²) in [7, 11) is 0. The molecule has 0 aliphatic heterocycles. The summed E-state index contributed by atoms with van der Waals surface area (Å²) in [6, 6.07) is 44.9. The Morgan fingerprint density at radius 3 is 1.92 bits per heavy atom. The molecule has 0 unspecified atom stereocenters. The fourth-order valence-corrected chi connectivity index (χ4v) is 8.17. The standard InChI is InChI=1S/C59H43N5O.Pt/c1-59(2,3)45-34-35-60-55(36-45)64-53-33-17-16-30-51(53)56-52(43-24-12-6-13-25-43)38-48(39-54(56)64)65-47-29-18-28-46(37-47)63-40-62(58(61-63)44-26-14-7-15-27-44)57-49(41-20-8-4-9-21-41)31-19-32-50(57)42-22-10-5-11-23-42;/h4-36,38H,1-3H3;/q-2;/i4D,5D,8D,9D,10D,11D,20D,21D,22D,23D;. The zero-order valence-corrected chi connectivity index (χ0v) is 38.1. The second-order valence-electron chi connectivity index (χ2n) is 16.4. The van der Waals surface area contributed by atoms with Gasteiger partial charge in [0.25, 0.3) is 0 Å². The predicted molar refractivity (Wildman–Crippen MR) is 261 cm³/mol. The van der Waals surface area contributed by atoms with Crippen LogP contribution in [0.4, 0.5) is 0 Å². The molecule has 0 radical (unpaired) electrons. The zero-order valence-electron chi connectivity index (χ0n) is 45.8. The Morgan fingerprint density at radius 1 is 0.606 bits per heavy atom. The van der Waals surface area contributed by atoms with E-state index in [1.165, 1.54) is 9.25 Å².